The summed E-state index contributed by atoms with van der Waals surface area (Å²) in [5, 5.41) is 13.9. The minimum absolute atomic E-state index is 0.0252. The van der Waals surface area contributed by atoms with Gasteiger partial charge in [0.15, 0.2) is 0 Å². The molecule has 4 aromatic rings. The van der Waals surface area contributed by atoms with E-state index >= 15 is 0 Å². The molecule has 3 heterocycles. The number of rotatable bonds is 5. The molecule has 3 aromatic heterocycles. The van der Waals surface area contributed by atoms with Crippen molar-refractivity contribution < 1.29 is 4.79 Å². The first-order chi connectivity index (χ1) is 13.6. The fourth-order valence-electron chi connectivity index (χ4n) is 2.74. The Labute approximate surface area is 156 Å². The predicted octanol–water partition coefficient (Wildman–Crippen LogP) is -0.510. The van der Waals surface area contributed by atoms with E-state index in [0.717, 1.165) is 4.57 Å². The molecule has 0 aliphatic rings. The summed E-state index contributed by atoms with van der Waals surface area (Å²) < 4.78 is 2.46. The molecule has 4 rings (SSSR count). The number of H-pyrrole nitrogens is 1. The van der Waals surface area contributed by atoms with Crippen molar-refractivity contribution in [1.82, 2.24) is 40.1 Å². The SMILES string of the molecule is O=C(NCCn1c(=O)[nH]c2ncccc2c1=O)c1cccc(-n2cnnn2)c1. The topological polar surface area (TPSA) is 140 Å². The third kappa shape index (κ3) is 3.28. The maximum absolute atomic E-state index is 12.4. The number of carbonyl (C=O) groups excluding carboxylic acids is 1. The van der Waals surface area contributed by atoms with Crippen LogP contribution in [0.2, 0.25) is 0 Å². The molecule has 1 aromatic carbocycles. The molecule has 1 amide bonds. The van der Waals surface area contributed by atoms with E-state index in [2.05, 4.69) is 30.8 Å². The van der Waals surface area contributed by atoms with E-state index in [0.29, 0.717) is 16.6 Å². The minimum atomic E-state index is -0.578. The van der Waals surface area contributed by atoms with Gasteiger partial charge in [-0.1, -0.05) is 6.07 Å². The highest BCUT2D eigenvalue weighted by Gasteiger charge is 2.10. The number of hydrogen-bond acceptors (Lipinski definition) is 7. The highest BCUT2D eigenvalue weighted by Crippen LogP contribution is 2.08. The van der Waals surface area contributed by atoms with Crippen molar-refractivity contribution in [3.63, 3.8) is 0 Å². The van der Waals surface area contributed by atoms with Crippen molar-refractivity contribution in [3.8, 4) is 5.69 Å². The quantitative estimate of drug-likeness (QED) is 0.476. The molecule has 0 bridgehead atoms. The van der Waals surface area contributed by atoms with Gasteiger partial charge < -0.3 is 5.32 Å². The number of aromatic nitrogens is 7. The lowest BCUT2D eigenvalue weighted by Crippen LogP contribution is -2.39. The summed E-state index contributed by atoms with van der Waals surface area (Å²) in [4.78, 5) is 43.5. The van der Waals surface area contributed by atoms with E-state index in [-0.39, 0.29) is 24.6 Å². The van der Waals surface area contributed by atoms with Crippen LogP contribution >= 0.6 is 0 Å². The molecule has 0 aliphatic carbocycles. The second-order valence-corrected chi connectivity index (χ2v) is 5.85. The number of hydrogen-bond donors (Lipinski definition) is 2. The van der Waals surface area contributed by atoms with Crippen molar-refractivity contribution >= 4 is 16.9 Å². The Morgan fingerprint density at radius 2 is 2.07 bits per heavy atom. The molecule has 140 valence electrons. The molecule has 0 saturated heterocycles. The normalized spacial score (nSPS) is 10.9. The van der Waals surface area contributed by atoms with Gasteiger partial charge in [-0.05, 0) is 40.8 Å². The number of pyridine rings is 1. The highest BCUT2D eigenvalue weighted by atomic mass is 16.2. The van der Waals surface area contributed by atoms with Crippen LogP contribution in [0.15, 0.2) is 58.5 Å². The van der Waals surface area contributed by atoms with E-state index in [4.69, 9.17) is 0 Å². The van der Waals surface area contributed by atoms with Gasteiger partial charge in [-0.25, -0.2) is 14.5 Å². The minimum Gasteiger partial charge on any atom is -0.350 e. The van der Waals surface area contributed by atoms with Gasteiger partial charge in [0.2, 0.25) is 0 Å². The van der Waals surface area contributed by atoms with Crippen LogP contribution in [0.4, 0.5) is 0 Å². The van der Waals surface area contributed by atoms with Crippen LogP contribution in [-0.2, 0) is 6.54 Å². The molecule has 0 atom stereocenters. The van der Waals surface area contributed by atoms with Crippen LogP contribution < -0.4 is 16.6 Å². The zero-order valence-electron chi connectivity index (χ0n) is 14.4. The molecule has 11 heteroatoms. The summed E-state index contributed by atoms with van der Waals surface area (Å²) in [7, 11) is 0. The summed E-state index contributed by atoms with van der Waals surface area (Å²) in [5.74, 6) is -0.346. The van der Waals surface area contributed by atoms with Gasteiger partial charge >= 0.3 is 5.69 Å². The van der Waals surface area contributed by atoms with Crippen LogP contribution in [0, 0.1) is 0 Å². The first-order valence-corrected chi connectivity index (χ1v) is 8.33. The Morgan fingerprint density at radius 1 is 1.18 bits per heavy atom. The van der Waals surface area contributed by atoms with Crippen molar-refractivity contribution in [2.24, 2.45) is 0 Å². The lowest BCUT2D eigenvalue weighted by atomic mass is 10.2. The number of amides is 1. The number of nitrogens with one attached hydrogen (secondary N) is 2. The maximum Gasteiger partial charge on any atom is 0.330 e. The summed E-state index contributed by atoms with van der Waals surface area (Å²) in [6, 6.07) is 9.94. The molecule has 2 N–H and O–H groups in total. The first-order valence-electron chi connectivity index (χ1n) is 8.33. The number of nitrogens with zero attached hydrogens (tertiary/aromatic N) is 6. The Morgan fingerprint density at radius 3 is 2.89 bits per heavy atom. The van der Waals surface area contributed by atoms with E-state index < -0.39 is 11.2 Å². The smallest absolute Gasteiger partial charge is 0.330 e. The van der Waals surface area contributed by atoms with Gasteiger partial charge in [0.05, 0.1) is 11.1 Å². The molecular formula is C17H14N8O3. The lowest BCUT2D eigenvalue weighted by Gasteiger charge is -2.08. The molecule has 28 heavy (non-hydrogen) atoms. The van der Waals surface area contributed by atoms with E-state index in [1.807, 2.05) is 0 Å². The average molecular weight is 378 g/mol. The summed E-state index contributed by atoms with van der Waals surface area (Å²) >= 11 is 0. The Balaban J connectivity index is 1.48. The Bertz CT molecular complexity index is 1260. The van der Waals surface area contributed by atoms with Gasteiger partial charge in [0.25, 0.3) is 11.5 Å². The van der Waals surface area contributed by atoms with Gasteiger partial charge in [0, 0.05) is 24.8 Å². The van der Waals surface area contributed by atoms with Gasteiger partial charge in [0.1, 0.15) is 12.0 Å². The van der Waals surface area contributed by atoms with Gasteiger partial charge in [-0.2, -0.15) is 0 Å². The number of aromatic amines is 1. The average Bonchev–Trinajstić information content (AvgIpc) is 3.25. The van der Waals surface area contributed by atoms with Crippen LogP contribution in [0.5, 0.6) is 0 Å². The summed E-state index contributed by atoms with van der Waals surface area (Å²) in [5.41, 5.74) is 0.231. The second-order valence-electron chi connectivity index (χ2n) is 5.85. The van der Waals surface area contributed by atoms with Crippen molar-refractivity contribution in [2.45, 2.75) is 6.54 Å². The molecule has 0 saturated carbocycles. The standard InChI is InChI=1S/C17H14N8O3/c26-15(11-3-1-4-12(9-11)25-10-20-22-23-25)19-7-8-24-16(27)13-5-2-6-18-14(13)21-17(24)28/h1-6,9-10H,7-8H2,(H,19,26)(H,18,21,28). The number of tetrazole rings is 1. The summed E-state index contributed by atoms with van der Waals surface area (Å²) in [6.45, 7) is 0.125. The van der Waals surface area contributed by atoms with E-state index in [1.54, 1.807) is 36.4 Å². The van der Waals surface area contributed by atoms with Crippen molar-refractivity contribution in [1.29, 1.82) is 0 Å². The second kappa shape index (κ2) is 7.23. The molecular weight excluding hydrogens is 364 g/mol. The Hall–Kier alpha value is -4.15. The van der Waals surface area contributed by atoms with Crippen LogP contribution in [-0.4, -0.2) is 47.2 Å². The monoisotopic (exact) mass is 378 g/mol. The molecule has 0 aliphatic heterocycles. The molecule has 0 radical (unpaired) electrons. The number of carbonyl (C=O) groups is 1. The maximum atomic E-state index is 12.4. The van der Waals surface area contributed by atoms with Crippen LogP contribution in [0.1, 0.15) is 10.4 Å². The van der Waals surface area contributed by atoms with Gasteiger partial charge in [-0.15, -0.1) is 5.10 Å². The number of fused-ring (bicyclic) bond motifs is 1. The summed E-state index contributed by atoms with van der Waals surface area (Å²) in [6.07, 6.45) is 2.91. The Kier molecular flexibility index (Phi) is 4.46. The zero-order valence-corrected chi connectivity index (χ0v) is 14.4. The van der Waals surface area contributed by atoms with Crippen LogP contribution in [0.3, 0.4) is 0 Å². The number of benzene rings is 1. The van der Waals surface area contributed by atoms with E-state index in [1.165, 1.54) is 17.2 Å². The first kappa shape index (κ1) is 17.3. The molecule has 11 nitrogen and oxygen atoms in total. The van der Waals surface area contributed by atoms with Gasteiger partial charge in [-0.3, -0.25) is 19.1 Å². The largest absolute Gasteiger partial charge is 0.350 e. The lowest BCUT2D eigenvalue weighted by molar-refractivity contribution is 0.0952. The molecule has 0 spiro atoms. The third-order valence-corrected chi connectivity index (χ3v) is 4.10. The van der Waals surface area contributed by atoms with Crippen LogP contribution in [0.25, 0.3) is 16.7 Å². The predicted molar refractivity (Wildman–Crippen MR) is 98.1 cm³/mol. The highest BCUT2D eigenvalue weighted by molar-refractivity contribution is 5.94. The molecule has 0 unspecified atom stereocenters. The third-order valence-electron chi connectivity index (χ3n) is 4.10. The fraction of sp³-hybridized carbons (Fsp3) is 0.118. The van der Waals surface area contributed by atoms with E-state index in [9.17, 15) is 14.4 Å². The fourth-order valence-corrected chi connectivity index (χ4v) is 2.74. The molecule has 0 fully saturated rings. The van der Waals surface area contributed by atoms with Crippen molar-refractivity contribution in [3.05, 3.63) is 75.3 Å². The van der Waals surface area contributed by atoms with Crippen molar-refractivity contribution in [2.75, 3.05) is 6.54 Å². The zero-order chi connectivity index (χ0) is 19.5.